The van der Waals surface area contributed by atoms with Gasteiger partial charge in [-0.15, -0.1) is 0 Å². The van der Waals surface area contributed by atoms with Crippen molar-refractivity contribution in [3.8, 4) is 0 Å². The largest absolute Gasteiger partial charge is 0.480 e. The minimum absolute atomic E-state index is 0.0502. The Morgan fingerprint density at radius 1 is 1.00 bits per heavy atom. The molecular formula is C17H21F3N2O4. The molecule has 6 nitrogen and oxygen atoms in total. The number of nitrogens with one attached hydrogen (secondary N) is 2. The van der Waals surface area contributed by atoms with E-state index in [1.807, 2.05) is 26.1 Å². The van der Waals surface area contributed by atoms with Crippen LogP contribution in [0.3, 0.4) is 0 Å². The molecule has 1 atom stereocenters. The molecule has 0 aliphatic heterocycles. The molecule has 1 aromatic rings. The highest BCUT2D eigenvalue weighted by Crippen LogP contribution is 2.22. The number of hydrogen-bond donors (Lipinski definition) is 3. The fourth-order valence-corrected chi connectivity index (χ4v) is 1.89. The Bertz CT molecular complexity index is 664. The van der Waals surface area contributed by atoms with Gasteiger partial charge in [0, 0.05) is 17.7 Å². The number of hydrogen-bond acceptors (Lipinski definition) is 3. The van der Waals surface area contributed by atoms with Crippen LogP contribution < -0.4 is 10.6 Å². The normalized spacial score (nSPS) is 13.0. The highest BCUT2D eigenvalue weighted by Gasteiger charge is 2.36. The molecule has 0 fully saturated rings. The predicted octanol–water partition coefficient (Wildman–Crippen LogP) is 2.60. The van der Waals surface area contributed by atoms with E-state index in [4.69, 9.17) is 5.11 Å². The molecule has 0 saturated carbocycles. The van der Waals surface area contributed by atoms with Gasteiger partial charge in [0.25, 0.3) is 11.8 Å². The van der Waals surface area contributed by atoms with Crippen LogP contribution in [0.1, 0.15) is 47.9 Å². The number of carboxylic acid groups (broad SMARTS) is 1. The summed E-state index contributed by atoms with van der Waals surface area (Å²) >= 11 is 0. The van der Waals surface area contributed by atoms with Crippen molar-refractivity contribution in [1.29, 1.82) is 0 Å². The van der Waals surface area contributed by atoms with E-state index >= 15 is 0 Å². The summed E-state index contributed by atoms with van der Waals surface area (Å²) in [5.74, 6) is -3.11. The van der Waals surface area contributed by atoms with Gasteiger partial charge in [-0.3, -0.25) is 9.59 Å². The van der Waals surface area contributed by atoms with Gasteiger partial charge in [0.1, 0.15) is 6.04 Å². The monoisotopic (exact) mass is 374 g/mol. The zero-order chi connectivity index (χ0) is 20.1. The number of halogens is 3. The third kappa shape index (κ3) is 7.54. The van der Waals surface area contributed by atoms with Crippen LogP contribution in [0.25, 0.3) is 0 Å². The van der Waals surface area contributed by atoms with E-state index in [-0.39, 0.29) is 22.4 Å². The Balaban J connectivity index is 2.76. The van der Waals surface area contributed by atoms with Crippen molar-refractivity contribution in [2.24, 2.45) is 5.41 Å². The van der Waals surface area contributed by atoms with Crippen LogP contribution >= 0.6 is 0 Å². The predicted molar refractivity (Wildman–Crippen MR) is 87.8 cm³/mol. The summed E-state index contributed by atoms with van der Waals surface area (Å²) in [4.78, 5) is 34.8. The first-order chi connectivity index (χ1) is 11.8. The maximum absolute atomic E-state index is 12.4. The highest BCUT2D eigenvalue weighted by molar-refractivity contribution is 5.99. The van der Waals surface area contributed by atoms with Gasteiger partial charge in [-0.1, -0.05) is 20.8 Å². The molecule has 144 valence electrons. The number of rotatable bonds is 6. The van der Waals surface area contributed by atoms with Crippen molar-refractivity contribution in [1.82, 2.24) is 10.6 Å². The molecule has 1 unspecified atom stereocenters. The first-order valence-corrected chi connectivity index (χ1v) is 7.77. The van der Waals surface area contributed by atoms with E-state index in [2.05, 4.69) is 5.32 Å². The fourth-order valence-electron chi connectivity index (χ4n) is 1.89. The van der Waals surface area contributed by atoms with Crippen LogP contribution in [-0.4, -0.2) is 41.7 Å². The van der Waals surface area contributed by atoms with Crippen molar-refractivity contribution in [2.45, 2.75) is 39.4 Å². The van der Waals surface area contributed by atoms with Crippen molar-refractivity contribution < 1.29 is 32.7 Å². The van der Waals surface area contributed by atoms with E-state index in [1.54, 1.807) is 0 Å². The average molecular weight is 374 g/mol. The summed E-state index contributed by atoms with van der Waals surface area (Å²) in [6.07, 6.45) is -6.41. The van der Waals surface area contributed by atoms with Gasteiger partial charge < -0.3 is 15.7 Å². The first-order valence-electron chi connectivity index (χ1n) is 7.77. The first kappa shape index (κ1) is 21.5. The number of aliphatic carboxylic acids is 1. The molecule has 2 amide bonds. The summed E-state index contributed by atoms with van der Waals surface area (Å²) in [6.45, 7) is 6.27. The van der Waals surface area contributed by atoms with Crippen molar-refractivity contribution in [3.63, 3.8) is 0 Å². The number of amides is 2. The molecule has 0 aliphatic rings. The lowest BCUT2D eigenvalue weighted by Crippen LogP contribution is -2.43. The summed E-state index contributed by atoms with van der Waals surface area (Å²) in [7, 11) is 0. The minimum atomic E-state index is -4.73. The number of carbonyl (C=O) groups excluding carboxylic acids is 2. The van der Waals surface area contributed by atoms with Crippen molar-refractivity contribution >= 4 is 17.8 Å². The van der Waals surface area contributed by atoms with Crippen LogP contribution in [0.2, 0.25) is 0 Å². The number of benzene rings is 1. The molecule has 0 spiro atoms. The van der Waals surface area contributed by atoms with Gasteiger partial charge in [-0.2, -0.15) is 13.2 Å². The maximum Gasteiger partial charge on any atom is 0.391 e. The van der Waals surface area contributed by atoms with Crippen LogP contribution in [0.4, 0.5) is 13.2 Å². The SMILES string of the molecule is CC(C)(C)CNC(=O)c1ccc(C(=O)NC(CC(F)(F)F)C(=O)O)cc1. The van der Waals surface area contributed by atoms with Crippen molar-refractivity contribution in [2.75, 3.05) is 6.54 Å². The third-order valence-corrected chi connectivity index (χ3v) is 3.23. The van der Waals surface area contributed by atoms with E-state index in [0.717, 1.165) is 0 Å². The highest BCUT2D eigenvalue weighted by atomic mass is 19.4. The van der Waals surface area contributed by atoms with Crippen LogP contribution in [0, 0.1) is 5.41 Å². The molecular weight excluding hydrogens is 353 g/mol. The van der Waals surface area contributed by atoms with Gasteiger partial charge in [-0.25, -0.2) is 4.79 Å². The quantitative estimate of drug-likeness (QED) is 0.713. The van der Waals surface area contributed by atoms with E-state index in [9.17, 15) is 27.6 Å². The molecule has 0 aliphatic carbocycles. The lowest BCUT2D eigenvalue weighted by molar-refractivity contribution is -0.157. The lowest BCUT2D eigenvalue weighted by atomic mass is 9.97. The van der Waals surface area contributed by atoms with Crippen LogP contribution in [-0.2, 0) is 4.79 Å². The third-order valence-electron chi connectivity index (χ3n) is 3.23. The molecule has 0 heterocycles. The van der Waals surface area contributed by atoms with Gasteiger partial charge in [0.2, 0.25) is 0 Å². The summed E-state index contributed by atoms with van der Waals surface area (Å²) in [5, 5.41) is 13.3. The van der Waals surface area contributed by atoms with Crippen LogP contribution in [0.15, 0.2) is 24.3 Å². The maximum atomic E-state index is 12.4. The number of alkyl halides is 3. The van der Waals surface area contributed by atoms with E-state index in [1.165, 1.54) is 24.3 Å². The fraction of sp³-hybridized carbons (Fsp3) is 0.471. The van der Waals surface area contributed by atoms with E-state index < -0.39 is 30.5 Å². The topological polar surface area (TPSA) is 95.5 Å². The smallest absolute Gasteiger partial charge is 0.391 e. The second kappa shape index (κ2) is 8.20. The van der Waals surface area contributed by atoms with E-state index in [0.29, 0.717) is 6.54 Å². The molecule has 0 radical (unpaired) electrons. The molecule has 1 aromatic carbocycles. The Hall–Kier alpha value is -2.58. The zero-order valence-electron chi connectivity index (χ0n) is 14.6. The molecule has 1 rings (SSSR count). The second-order valence-electron chi connectivity index (χ2n) is 7.00. The van der Waals surface area contributed by atoms with Crippen LogP contribution in [0.5, 0.6) is 0 Å². The van der Waals surface area contributed by atoms with Gasteiger partial charge in [-0.05, 0) is 29.7 Å². The number of carboxylic acids is 1. The zero-order valence-corrected chi connectivity index (χ0v) is 14.6. The number of carbonyl (C=O) groups is 3. The Morgan fingerprint density at radius 2 is 1.46 bits per heavy atom. The summed E-state index contributed by atoms with van der Waals surface area (Å²) in [6, 6.07) is 3.08. The summed E-state index contributed by atoms with van der Waals surface area (Å²) in [5.41, 5.74) is 0.112. The van der Waals surface area contributed by atoms with Gasteiger partial charge >= 0.3 is 12.1 Å². The van der Waals surface area contributed by atoms with Gasteiger partial charge in [0.05, 0.1) is 6.42 Å². The average Bonchev–Trinajstić information content (AvgIpc) is 2.50. The molecule has 9 heteroatoms. The molecule has 26 heavy (non-hydrogen) atoms. The Morgan fingerprint density at radius 3 is 1.85 bits per heavy atom. The molecule has 3 N–H and O–H groups in total. The Kier molecular flexibility index (Phi) is 6.77. The van der Waals surface area contributed by atoms with Crippen molar-refractivity contribution in [3.05, 3.63) is 35.4 Å². The molecule has 0 bridgehead atoms. The second-order valence-corrected chi connectivity index (χ2v) is 7.00. The lowest BCUT2D eigenvalue weighted by Gasteiger charge is -2.18. The molecule has 0 aromatic heterocycles. The summed E-state index contributed by atoms with van der Waals surface area (Å²) < 4.78 is 37.1. The van der Waals surface area contributed by atoms with Gasteiger partial charge in [0.15, 0.2) is 0 Å². The standard InChI is InChI=1S/C17H21F3N2O4/c1-16(2,3)9-21-13(23)10-4-6-11(7-5-10)14(24)22-12(15(25)26)8-17(18,19)20/h4-7,12H,8-9H2,1-3H3,(H,21,23)(H,22,24)(H,25,26). The Labute approximate surface area is 148 Å². The molecule has 0 saturated heterocycles. The minimum Gasteiger partial charge on any atom is -0.480 e.